The average Bonchev–Trinajstić information content (AvgIpc) is 3.28. The van der Waals surface area contributed by atoms with Crippen LogP contribution in [0.5, 0.6) is 0 Å². The first-order chi connectivity index (χ1) is 16.5. The van der Waals surface area contributed by atoms with Crippen molar-refractivity contribution in [2.45, 2.75) is 37.9 Å². The van der Waals surface area contributed by atoms with Crippen molar-refractivity contribution in [3.05, 3.63) is 68.5 Å². The highest BCUT2D eigenvalue weighted by atomic mass is 32.2. The molecule has 0 radical (unpaired) electrons. The molecule has 3 heterocycles. The van der Waals surface area contributed by atoms with E-state index in [0.717, 1.165) is 24.1 Å². The van der Waals surface area contributed by atoms with E-state index in [4.69, 9.17) is 0 Å². The normalized spacial score (nSPS) is 13.4. The van der Waals surface area contributed by atoms with Gasteiger partial charge in [-0.15, -0.1) is 10.2 Å². The van der Waals surface area contributed by atoms with Crippen LogP contribution >= 0.6 is 11.8 Å². The number of aryl methyl sites for hydroxylation is 2. The molecular formula is C23H22N6O4S. The van der Waals surface area contributed by atoms with Crippen molar-refractivity contribution in [1.82, 2.24) is 19.2 Å². The molecule has 174 valence electrons. The lowest BCUT2D eigenvalue weighted by Gasteiger charge is -2.29. The highest BCUT2D eigenvalue weighted by Crippen LogP contribution is 2.31. The van der Waals surface area contributed by atoms with E-state index >= 15 is 0 Å². The number of carbonyl (C=O) groups excluding carboxylic acids is 1. The van der Waals surface area contributed by atoms with Gasteiger partial charge in [-0.2, -0.15) is 0 Å². The van der Waals surface area contributed by atoms with Crippen molar-refractivity contribution in [2.24, 2.45) is 0 Å². The molecule has 1 amide bonds. The molecule has 2 aromatic heterocycles. The first-order valence-electron chi connectivity index (χ1n) is 11.1. The van der Waals surface area contributed by atoms with Crippen LogP contribution in [0.3, 0.4) is 0 Å². The van der Waals surface area contributed by atoms with E-state index in [-0.39, 0.29) is 22.9 Å². The summed E-state index contributed by atoms with van der Waals surface area (Å²) in [5.74, 6) is 0.470. The molecule has 4 aromatic rings. The molecule has 0 saturated heterocycles. The third-order valence-corrected chi connectivity index (χ3v) is 6.86. The Hall–Kier alpha value is -3.73. The van der Waals surface area contributed by atoms with Crippen LogP contribution in [0.15, 0.2) is 52.4 Å². The molecule has 0 atom stereocenters. The molecule has 0 bridgehead atoms. The van der Waals surface area contributed by atoms with Gasteiger partial charge in [-0.3, -0.25) is 28.7 Å². The number of hydrogen-bond acceptors (Lipinski definition) is 7. The first kappa shape index (κ1) is 22.1. The van der Waals surface area contributed by atoms with Gasteiger partial charge in [0.1, 0.15) is 0 Å². The number of rotatable bonds is 6. The van der Waals surface area contributed by atoms with Gasteiger partial charge in [-0.25, -0.2) is 0 Å². The lowest BCUT2D eigenvalue weighted by Crippen LogP contribution is -2.36. The molecule has 5 rings (SSSR count). The summed E-state index contributed by atoms with van der Waals surface area (Å²) >= 11 is 1.26. The van der Waals surface area contributed by atoms with Gasteiger partial charge in [-0.1, -0.05) is 30.8 Å². The molecular weight excluding hydrogens is 456 g/mol. The molecule has 11 heteroatoms. The number of nitrogens with zero attached hydrogens (tertiary/aromatic N) is 6. The van der Waals surface area contributed by atoms with Gasteiger partial charge < -0.3 is 4.90 Å². The number of aromatic nitrogens is 4. The Labute approximate surface area is 198 Å². The summed E-state index contributed by atoms with van der Waals surface area (Å²) in [7, 11) is 0. The number of para-hydroxylation sites is 1. The van der Waals surface area contributed by atoms with Crippen LogP contribution in [0.4, 0.5) is 11.4 Å². The molecule has 1 aliphatic rings. The predicted molar refractivity (Wildman–Crippen MR) is 130 cm³/mol. The summed E-state index contributed by atoms with van der Waals surface area (Å²) in [6.45, 7) is 3.07. The van der Waals surface area contributed by atoms with E-state index in [1.54, 1.807) is 27.7 Å². The maximum absolute atomic E-state index is 13.2. The molecule has 2 aromatic carbocycles. The minimum absolute atomic E-state index is 0.0300. The van der Waals surface area contributed by atoms with Gasteiger partial charge in [0.25, 0.3) is 11.2 Å². The molecule has 0 fully saturated rings. The van der Waals surface area contributed by atoms with Crippen LogP contribution < -0.4 is 10.5 Å². The summed E-state index contributed by atoms with van der Waals surface area (Å²) in [6.07, 6.45) is 2.21. The number of anilines is 1. The number of carbonyl (C=O) groups is 1. The zero-order valence-electron chi connectivity index (χ0n) is 18.5. The fourth-order valence-electron chi connectivity index (χ4n) is 4.41. The lowest BCUT2D eigenvalue weighted by molar-refractivity contribution is -0.384. The Bertz CT molecular complexity index is 1490. The first-order valence-corrected chi connectivity index (χ1v) is 12.0. The molecule has 0 spiro atoms. The maximum Gasteiger partial charge on any atom is 0.269 e. The van der Waals surface area contributed by atoms with Crippen LogP contribution in [0.1, 0.15) is 25.3 Å². The molecule has 10 nitrogen and oxygen atoms in total. The minimum Gasteiger partial charge on any atom is -0.311 e. The number of amides is 1. The largest absolute Gasteiger partial charge is 0.311 e. The quantitative estimate of drug-likeness (QED) is 0.237. The number of benzene rings is 2. The summed E-state index contributed by atoms with van der Waals surface area (Å²) in [4.78, 5) is 38.5. The van der Waals surface area contributed by atoms with Crippen LogP contribution in [-0.2, 0) is 17.8 Å². The number of fused-ring (bicyclic) bond motifs is 4. The molecule has 0 N–H and O–H groups in total. The Balaban J connectivity index is 1.46. The lowest BCUT2D eigenvalue weighted by atomic mass is 10.0. The topological polar surface area (TPSA) is 116 Å². The van der Waals surface area contributed by atoms with Crippen molar-refractivity contribution >= 4 is 45.7 Å². The SMILES string of the molecule is CCCn1c(=O)c2ccccc2n2c(SCC(=O)N3CCCc4cc([N+](=O)[O-])ccc43)nnc12. The second-order valence-electron chi connectivity index (χ2n) is 8.10. The van der Waals surface area contributed by atoms with Crippen LogP contribution in [0.2, 0.25) is 0 Å². The maximum atomic E-state index is 13.2. The Morgan fingerprint density at radius 3 is 2.82 bits per heavy atom. The van der Waals surface area contributed by atoms with Gasteiger partial charge in [-0.05, 0) is 43.0 Å². The second kappa shape index (κ2) is 8.90. The van der Waals surface area contributed by atoms with Crippen molar-refractivity contribution in [2.75, 3.05) is 17.2 Å². The Morgan fingerprint density at radius 1 is 1.21 bits per heavy atom. The van der Waals surface area contributed by atoms with E-state index in [1.807, 2.05) is 29.5 Å². The number of hydrogen-bond donors (Lipinski definition) is 0. The zero-order chi connectivity index (χ0) is 23.8. The Morgan fingerprint density at radius 2 is 2.03 bits per heavy atom. The number of thioether (sulfide) groups is 1. The van der Waals surface area contributed by atoms with Crippen molar-refractivity contribution in [3.63, 3.8) is 0 Å². The second-order valence-corrected chi connectivity index (χ2v) is 9.04. The smallest absolute Gasteiger partial charge is 0.269 e. The zero-order valence-corrected chi connectivity index (χ0v) is 19.3. The molecule has 0 aliphatic carbocycles. The predicted octanol–water partition coefficient (Wildman–Crippen LogP) is 3.43. The van der Waals surface area contributed by atoms with Crippen LogP contribution in [0, 0.1) is 10.1 Å². The third kappa shape index (κ3) is 3.71. The highest BCUT2D eigenvalue weighted by molar-refractivity contribution is 7.99. The standard InChI is InChI=1S/C23H22N6O4S/c1-2-11-27-21(31)17-7-3-4-8-19(17)28-22(27)24-25-23(28)34-14-20(30)26-12-5-6-15-13-16(29(32)33)9-10-18(15)26/h3-4,7-10,13H,2,5-6,11-12,14H2,1H3. The van der Waals surface area contributed by atoms with Gasteiger partial charge in [0.15, 0.2) is 5.16 Å². The van der Waals surface area contributed by atoms with Crippen LogP contribution in [-0.4, -0.2) is 42.3 Å². The Kier molecular flexibility index (Phi) is 5.78. The fraction of sp³-hybridized carbons (Fsp3) is 0.304. The van der Waals surface area contributed by atoms with Gasteiger partial charge in [0.2, 0.25) is 11.7 Å². The number of nitro benzene ring substituents is 1. The fourth-order valence-corrected chi connectivity index (χ4v) is 5.23. The summed E-state index contributed by atoms with van der Waals surface area (Å²) in [6, 6.07) is 11.9. The molecule has 0 unspecified atom stereocenters. The van der Waals surface area contributed by atoms with Gasteiger partial charge in [0, 0.05) is 30.9 Å². The number of nitro groups is 1. The van der Waals surface area contributed by atoms with Gasteiger partial charge >= 0.3 is 0 Å². The number of non-ortho nitro benzene ring substituents is 1. The summed E-state index contributed by atoms with van der Waals surface area (Å²) in [5.41, 5.74) is 2.15. The van der Waals surface area contributed by atoms with E-state index < -0.39 is 4.92 Å². The van der Waals surface area contributed by atoms with E-state index in [2.05, 4.69) is 10.2 Å². The third-order valence-electron chi connectivity index (χ3n) is 5.94. The monoisotopic (exact) mass is 478 g/mol. The average molecular weight is 479 g/mol. The van der Waals surface area contributed by atoms with E-state index in [1.165, 1.54) is 17.8 Å². The molecule has 0 saturated carbocycles. The molecule has 34 heavy (non-hydrogen) atoms. The summed E-state index contributed by atoms with van der Waals surface area (Å²) < 4.78 is 3.45. The van der Waals surface area contributed by atoms with E-state index in [0.29, 0.717) is 41.3 Å². The van der Waals surface area contributed by atoms with Crippen molar-refractivity contribution < 1.29 is 9.72 Å². The highest BCUT2D eigenvalue weighted by Gasteiger charge is 2.25. The van der Waals surface area contributed by atoms with Crippen LogP contribution in [0.25, 0.3) is 16.7 Å². The van der Waals surface area contributed by atoms with Gasteiger partial charge in [0.05, 0.1) is 21.6 Å². The summed E-state index contributed by atoms with van der Waals surface area (Å²) in [5, 5.41) is 20.8. The van der Waals surface area contributed by atoms with Crippen molar-refractivity contribution in [3.8, 4) is 0 Å². The van der Waals surface area contributed by atoms with E-state index in [9.17, 15) is 19.7 Å². The van der Waals surface area contributed by atoms with Crippen molar-refractivity contribution in [1.29, 1.82) is 0 Å². The minimum atomic E-state index is -0.421. The molecule has 1 aliphatic heterocycles.